The maximum atomic E-state index is 13.4. The first kappa shape index (κ1) is 17.7. The minimum Gasteiger partial charge on any atom is -0.491 e. The van der Waals surface area contributed by atoms with Crippen LogP contribution in [0.1, 0.15) is 20.3 Å². The molecule has 0 fully saturated rings. The third-order valence-electron chi connectivity index (χ3n) is 3.13. The first-order valence-corrected chi connectivity index (χ1v) is 7.70. The number of halogens is 2. The fraction of sp³-hybridized carbons (Fsp3) is 0.278. The number of ether oxygens (including phenoxy) is 1. The summed E-state index contributed by atoms with van der Waals surface area (Å²) in [6.45, 7) is 3.99. The highest BCUT2D eigenvalue weighted by atomic mass is 19.1. The van der Waals surface area contributed by atoms with Crippen molar-refractivity contribution in [1.82, 2.24) is 0 Å². The summed E-state index contributed by atoms with van der Waals surface area (Å²) in [6, 6.07) is 10.6. The van der Waals surface area contributed by atoms with Gasteiger partial charge in [0.1, 0.15) is 23.1 Å². The molecule has 24 heavy (non-hydrogen) atoms. The first-order chi connectivity index (χ1) is 11.5. The van der Waals surface area contributed by atoms with E-state index in [4.69, 9.17) is 4.74 Å². The Balaban J connectivity index is 1.81. The number of amides is 1. The van der Waals surface area contributed by atoms with Crippen molar-refractivity contribution in [1.29, 1.82) is 0 Å². The molecule has 2 rings (SSSR count). The van der Waals surface area contributed by atoms with Gasteiger partial charge in [-0.15, -0.1) is 0 Å². The van der Waals surface area contributed by atoms with Gasteiger partial charge >= 0.3 is 0 Å². The Bertz CT molecular complexity index is 668. The van der Waals surface area contributed by atoms with Gasteiger partial charge in [-0.2, -0.15) is 0 Å². The molecule has 0 aliphatic heterocycles. The van der Waals surface area contributed by atoms with Crippen LogP contribution in [0.25, 0.3) is 0 Å². The van der Waals surface area contributed by atoms with E-state index in [0.717, 1.165) is 17.9 Å². The van der Waals surface area contributed by atoms with Gasteiger partial charge in [0.15, 0.2) is 0 Å². The van der Waals surface area contributed by atoms with Gasteiger partial charge in [0.2, 0.25) is 5.91 Å². The summed E-state index contributed by atoms with van der Waals surface area (Å²) in [7, 11) is 0. The number of rotatable bonds is 7. The molecule has 0 atom stereocenters. The average Bonchev–Trinajstić information content (AvgIpc) is 2.52. The quantitative estimate of drug-likeness (QED) is 0.798. The fourth-order valence-electron chi connectivity index (χ4n) is 2.08. The van der Waals surface area contributed by atoms with Gasteiger partial charge < -0.3 is 15.4 Å². The lowest BCUT2D eigenvalue weighted by atomic mass is 10.2. The maximum absolute atomic E-state index is 13.4. The SMILES string of the molecule is CC(C)Oc1ccc(NC(=O)CCNc2c(F)cccc2F)cc1. The van der Waals surface area contributed by atoms with E-state index < -0.39 is 11.6 Å². The number of benzene rings is 2. The highest BCUT2D eigenvalue weighted by Crippen LogP contribution is 2.18. The normalized spacial score (nSPS) is 10.5. The monoisotopic (exact) mass is 334 g/mol. The molecule has 0 saturated heterocycles. The number of nitrogens with one attached hydrogen (secondary N) is 2. The lowest BCUT2D eigenvalue weighted by Gasteiger charge is -2.11. The predicted octanol–water partition coefficient (Wildman–Crippen LogP) is 4.19. The van der Waals surface area contributed by atoms with Crippen molar-refractivity contribution < 1.29 is 18.3 Å². The van der Waals surface area contributed by atoms with Crippen molar-refractivity contribution in [3.05, 3.63) is 54.1 Å². The molecule has 6 heteroatoms. The Morgan fingerprint density at radius 3 is 2.29 bits per heavy atom. The number of anilines is 2. The number of carbonyl (C=O) groups excluding carboxylic acids is 1. The Hall–Kier alpha value is -2.63. The van der Waals surface area contributed by atoms with Crippen molar-refractivity contribution in [3.63, 3.8) is 0 Å². The number of hydrogen-bond acceptors (Lipinski definition) is 3. The van der Waals surface area contributed by atoms with E-state index in [2.05, 4.69) is 10.6 Å². The second kappa shape index (κ2) is 8.29. The van der Waals surface area contributed by atoms with Crippen LogP contribution >= 0.6 is 0 Å². The van der Waals surface area contributed by atoms with E-state index in [1.165, 1.54) is 6.07 Å². The fourth-order valence-corrected chi connectivity index (χ4v) is 2.08. The highest BCUT2D eigenvalue weighted by molar-refractivity contribution is 5.91. The van der Waals surface area contributed by atoms with E-state index in [1.807, 2.05) is 13.8 Å². The molecular weight excluding hydrogens is 314 g/mol. The zero-order valence-corrected chi connectivity index (χ0v) is 13.6. The predicted molar refractivity (Wildman–Crippen MR) is 90.3 cm³/mol. The zero-order chi connectivity index (χ0) is 17.5. The van der Waals surface area contributed by atoms with Crippen LogP contribution in [0.4, 0.5) is 20.2 Å². The Kier molecular flexibility index (Phi) is 6.12. The molecule has 0 saturated carbocycles. The lowest BCUT2D eigenvalue weighted by Crippen LogP contribution is -2.17. The van der Waals surface area contributed by atoms with Crippen molar-refractivity contribution in [2.45, 2.75) is 26.4 Å². The Labute approximate surface area is 139 Å². The second-order valence-corrected chi connectivity index (χ2v) is 5.51. The van der Waals surface area contributed by atoms with E-state index in [1.54, 1.807) is 24.3 Å². The third kappa shape index (κ3) is 5.22. The molecule has 0 heterocycles. The molecule has 0 aliphatic carbocycles. The molecule has 0 aromatic heterocycles. The molecule has 0 spiro atoms. The largest absolute Gasteiger partial charge is 0.491 e. The zero-order valence-electron chi connectivity index (χ0n) is 13.6. The average molecular weight is 334 g/mol. The standard InChI is InChI=1S/C18H20F2N2O2/c1-12(2)24-14-8-6-13(7-9-14)22-17(23)10-11-21-18-15(19)4-3-5-16(18)20/h3-9,12,21H,10-11H2,1-2H3,(H,22,23). The summed E-state index contributed by atoms with van der Waals surface area (Å²) in [4.78, 5) is 11.9. The summed E-state index contributed by atoms with van der Waals surface area (Å²) in [5.74, 6) is -0.899. The van der Waals surface area contributed by atoms with Gasteiger partial charge in [0.05, 0.1) is 6.10 Å². The first-order valence-electron chi connectivity index (χ1n) is 7.70. The van der Waals surface area contributed by atoms with Crippen LogP contribution in [0.3, 0.4) is 0 Å². The van der Waals surface area contributed by atoms with E-state index >= 15 is 0 Å². The van der Waals surface area contributed by atoms with Gasteiger partial charge in [-0.1, -0.05) is 6.07 Å². The van der Waals surface area contributed by atoms with Crippen LogP contribution in [0.2, 0.25) is 0 Å². The van der Waals surface area contributed by atoms with Crippen molar-refractivity contribution in [2.75, 3.05) is 17.2 Å². The summed E-state index contributed by atoms with van der Waals surface area (Å²) in [6.07, 6.45) is 0.160. The van der Waals surface area contributed by atoms with Gasteiger partial charge in [-0.05, 0) is 50.2 Å². The summed E-state index contributed by atoms with van der Waals surface area (Å²) < 4.78 is 32.4. The van der Waals surface area contributed by atoms with Crippen LogP contribution in [0.5, 0.6) is 5.75 Å². The molecule has 4 nitrogen and oxygen atoms in total. The topological polar surface area (TPSA) is 50.4 Å². The van der Waals surface area contributed by atoms with Gasteiger partial charge in [0, 0.05) is 18.7 Å². The van der Waals surface area contributed by atoms with E-state index in [0.29, 0.717) is 5.69 Å². The van der Waals surface area contributed by atoms with Crippen LogP contribution in [0, 0.1) is 11.6 Å². The minimum absolute atomic E-state index is 0.0790. The molecule has 0 radical (unpaired) electrons. The van der Waals surface area contributed by atoms with E-state index in [9.17, 15) is 13.6 Å². The molecule has 0 bridgehead atoms. The molecular formula is C18H20F2N2O2. The highest BCUT2D eigenvalue weighted by Gasteiger charge is 2.09. The molecule has 0 aliphatic rings. The van der Waals surface area contributed by atoms with Crippen molar-refractivity contribution >= 4 is 17.3 Å². The van der Waals surface area contributed by atoms with E-state index in [-0.39, 0.29) is 30.7 Å². The van der Waals surface area contributed by atoms with Crippen LogP contribution < -0.4 is 15.4 Å². The smallest absolute Gasteiger partial charge is 0.226 e. The maximum Gasteiger partial charge on any atom is 0.226 e. The number of hydrogen-bond donors (Lipinski definition) is 2. The summed E-state index contributed by atoms with van der Waals surface area (Å²) in [5.41, 5.74) is 0.411. The van der Waals surface area contributed by atoms with Crippen LogP contribution in [0.15, 0.2) is 42.5 Å². The molecule has 2 aromatic carbocycles. The molecule has 128 valence electrons. The van der Waals surface area contributed by atoms with Gasteiger partial charge in [0.25, 0.3) is 0 Å². The second-order valence-electron chi connectivity index (χ2n) is 5.51. The molecule has 1 amide bonds. The molecule has 2 aromatic rings. The number of para-hydroxylation sites is 1. The third-order valence-corrected chi connectivity index (χ3v) is 3.13. The summed E-state index contributed by atoms with van der Waals surface area (Å²) >= 11 is 0. The summed E-state index contributed by atoms with van der Waals surface area (Å²) in [5, 5.41) is 5.31. The Morgan fingerprint density at radius 2 is 1.71 bits per heavy atom. The van der Waals surface area contributed by atoms with Crippen LogP contribution in [-0.2, 0) is 4.79 Å². The van der Waals surface area contributed by atoms with Gasteiger partial charge in [-0.25, -0.2) is 8.78 Å². The van der Waals surface area contributed by atoms with Gasteiger partial charge in [-0.3, -0.25) is 4.79 Å². The molecule has 2 N–H and O–H groups in total. The molecule has 0 unspecified atom stereocenters. The van der Waals surface area contributed by atoms with Crippen molar-refractivity contribution in [2.24, 2.45) is 0 Å². The minimum atomic E-state index is -0.684. The Morgan fingerprint density at radius 1 is 1.08 bits per heavy atom. The lowest BCUT2D eigenvalue weighted by molar-refractivity contribution is -0.115. The number of carbonyl (C=O) groups is 1. The van der Waals surface area contributed by atoms with Crippen LogP contribution in [-0.4, -0.2) is 18.6 Å². The van der Waals surface area contributed by atoms with Crippen molar-refractivity contribution in [3.8, 4) is 5.75 Å².